The van der Waals surface area contributed by atoms with Gasteiger partial charge in [-0.15, -0.1) is 11.3 Å². The van der Waals surface area contributed by atoms with Crippen molar-refractivity contribution in [1.29, 1.82) is 0 Å². The maximum atomic E-state index is 11.3. The van der Waals surface area contributed by atoms with Gasteiger partial charge in [-0.05, 0) is 44.8 Å². The van der Waals surface area contributed by atoms with Gasteiger partial charge in [0.1, 0.15) is 0 Å². The fourth-order valence-electron chi connectivity index (χ4n) is 1.04. The van der Waals surface area contributed by atoms with Crippen molar-refractivity contribution < 1.29 is 13.5 Å². The van der Waals surface area contributed by atoms with Gasteiger partial charge in [-0.2, -0.15) is 0 Å². The Morgan fingerprint density at radius 1 is 1.47 bits per heavy atom. The number of rotatable bonds is 3. The zero-order chi connectivity index (χ0) is 11.8. The first-order chi connectivity index (χ1) is 6.73. The van der Waals surface area contributed by atoms with Crippen LogP contribution in [0.2, 0.25) is 0 Å². The second-order valence-corrected chi connectivity index (χ2v) is 9.41. The molecule has 0 spiro atoms. The second-order valence-electron chi connectivity index (χ2n) is 3.26. The van der Waals surface area contributed by atoms with Crippen LogP contribution in [0.25, 0.3) is 0 Å². The van der Waals surface area contributed by atoms with E-state index in [1.807, 2.05) is 0 Å². The monoisotopic (exact) mass is 376 g/mol. The molecular formula is C8H10Br2O3S2. The summed E-state index contributed by atoms with van der Waals surface area (Å²) < 4.78 is 24.2. The van der Waals surface area contributed by atoms with E-state index in [2.05, 4.69) is 31.9 Å². The Morgan fingerprint density at radius 3 is 2.33 bits per heavy atom. The van der Waals surface area contributed by atoms with Crippen molar-refractivity contribution in [3.8, 4) is 0 Å². The fraction of sp³-hybridized carbons (Fsp3) is 0.500. The number of aliphatic hydroxyl groups excluding tert-OH is 1. The minimum atomic E-state index is -3.24. The van der Waals surface area contributed by atoms with E-state index in [0.29, 0.717) is 5.56 Å². The lowest BCUT2D eigenvalue weighted by atomic mass is 10.1. The Kier molecular flexibility index (Phi) is 4.39. The molecule has 1 heterocycles. The largest absolute Gasteiger partial charge is 0.387 e. The van der Waals surface area contributed by atoms with Gasteiger partial charge in [-0.3, -0.25) is 0 Å². The Balaban J connectivity index is 3.05. The Bertz CT molecular complexity index is 452. The highest BCUT2D eigenvalue weighted by Gasteiger charge is 2.27. The van der Waals surface area contributed by atoms with E-state index >= 15 is 0 Å². The van der Waals surface area contributed by atoms with Crippen molar-refractivity contribution in [1.82, 2.24) is 0 Å². The van der Waals surface area contributed by atoms with Crippen LogP contribution in [0.3, 0.4) is 0 Å². The van der Waals surface area contributed by atoms with E-state index in [9.17, 15) is 13.5 Å². The molecule has 0 saturated carbocycles. The predicted molar refractivity (Wildman–Crippen MR) is 69.0 cm³/mol. The summed E-state index contributed by atoms with van der Waals surface area (Å²) in [5, 5.41) is 9.09. The summed E-state index contributed by atoms with van der Waals surface area (Å²) in [4.78, 5) is 0. The summed E-state index contributed by atoms with van der Waals surface area (Å²) in [7, 11) is -3.24. The molecule has 1 aromatic heterocycles. The normalized spacial score (nSPS) is 16.3. The molecule has 1 N–H and O–H groups in total. The third kappa shape index (κ3) is 3.26. The molecule has 0 amide bonds. The third-order valence-electron chi connectivity index (χ3n) is 2.12. The third-order valence-corrected chi connectivity index (χ3v) is 6.12. The molecule has 86 valence electrons. The standard InChI is InChI=1S/C8H10Br2O3S2/c1-4(15(2,12)13)7(11)5-3-6(9)14-8(5)10/h3-4,7,11H,1-2H3. The van der Waals surface area contributed by atoms with Gasteiger partial charge < -0.3 is 5.11 Å². The molecule has 0 aliphatic heterocycles. The zero-order valence-corrected chi connectivity index (χ0v) is 12.9. The summed E-state index contributed by atoms with van der Waals surface area (Å²) in [6, 6.07) is 1.72. The van der Waals surface area contributed by atoms with Crippen LogP contribution in [0, 0.1) is 0 Å². The number of hydrogen-bond donors (Lipinski definition) is 1. The maximum Gasteiger partial charge on any atom is 0.152 e. The smallest absolute Gasteiger partial charge is 0.152 e. The topological polar surface area (TPSA) is 54.4 Å². The predicted octanol–water partition coefficient (Wildman–Crippen LogP) is 2.74. The summed E-state index contributed by atoms with van der Waals surface area (Å²) >= 11 is 7.97. The van der Waals surface area contributed by atoms with Crippen molar-refractivity contribution in [2.75, 3.05) is 6.26 Å². The Hall–Kier alpha value is 0.570. The fourth-order valence-corrected chi connectivity index (χ4v) is 4.57. The van der Waals surface area contributed by atoms with Crippen molar-refractivity contribution in [2.24, 2.45) is 0 Å². The second kappa shape index (κ2) is 4.83. The lowest BCUT2D eigenvalue weighted by Gasteiger charge is -2.16. The van der Waals surface area contributed by atoms with Gasteiger partial charge in [0, 0.05) is 11.8 Å². The van der Waals surface area contributed by atoms with Gasteiger partial charge in [0.05, 0.1) is 18.9 Å². The highest BCUT2D eigenvalue weighted by atomic mass is 79.9. The Morgan fingerprint density at radius 2 is 2.00 bits per heavy atom. The lowest BCUT2D eigenvalue weighted by Crippen LogP contribution is -2.24. The van der Waals surface area contributed by atoms with Gasteiger partial charge >= 0.3 is 0 Å². The van der Waals surface area contributed by atoms with Crippen LogP contribution in [0.1, 0.15) is 18.6 Å². The molecule has 15 heavy (non-hydrogen) atoms. The SMILES string of the molecule is CC(C(O)c1cc(Br)sc1Br)S(C)(=O)=O. The number of hydrogen-bond acceptors (Lipinski definition) is 4. The average Bonchev–Trinajstić information content (AvgIpc) is 2.41. The van der Waals surface area contributed by atoms with Crippen molar-refractivity contribution in [3.05, 3.63) is 19.2 Å². The number of aliphatic hydroxyl groups is 1. The highest BCUT2D eigenvalue weighted by Crippen LogP contribution is 2.37. The Labute approximate surface area is 110 Å². The molecule has 0 aliphatic carbocycles. The summed E-state index contributed by atoms with van der Waals surface area (Å²) in [6.07, 6.45) is 0.118. The van der Waals surface area contributed by atoms with Crippen LogP contribution in [-0.4, -0.2) is 25.0 Å². The molecular weight excluding hydrogens is 368 g/mol. The molecule has 7 heteroatoms. The molecule has 1 rings (SSSR count). The molecule has 2 unspecified atom stereocenters. The van der Waals surface area contributed by atoms with E-state index in [4.69, 9.17) is 0 Å². The van der Waals surface area contributed by atoms with Gasteiger partial charge in [0.15, 0.2) is 9.84 Å². The summed E-state index contributed by atoms with van der Waals surface area (Å²) in [6.45, 7) is 1.50. The quantitative estimate of drug-likeness (QED) is 0.880. The molecule has 0 aromatic carbocycles. The van der Waals surface area contributed by atoms with Gasteiger partial charge in [-0.25, -0.2) is 8.42 Å². The molecule has 0 aliphatic rings. The highest BCUT2D eigenvalue weighted by molar-refractivity contribution is 9.12. The van der Waals surface area contributed by atoms with E-state index in [-0.39, 0.29) is 0 Å². The van der Waals surface area contributed by atoms with E-state index < -0.39 is 21.2 Å². The molecule has 0 radical (unpaired) electrons. The summed E-state index contributed by atoms with van der Waals surface area (Å²) in [5.41, 5.74) is 0.602. The van der Waals surface area contributed by atoms with Crippen molar-refractivity contribution in [3.63, 3.8) is 0 Å². The first-order valence-electron chi connectivity index (χ1n) is 4.05. The first-order valence-corrected chi connectivity index (χ1v) is 8.41. The minimum absolute atomic E-state index is 0.602. The van der Waals surface area contributed by atoms with Crippen LogP contribution in [0.15, 0.2) is 13.6 Å². The van der Waals surface area contributed by atoms with Gasteiger partial charge in [0.25, 0.3) is 0 Å². The lowest BCUT2D eigenvalue weighted by molar-refractivity contribution is 0.176. The number of halogens is 2. The van der Waals surface area contributed by atoms with E-state index in [1.54, 1.807) is 6.07 Å². The van der Waals surface area contributed by atoms with Crippen LogP contribution in [-0.2, 0) is 9.84 Å². The van der Waals surface area contributed by atoms with Crippen LogP contribution in [0.4, 0.5) is 0 Å². The first kappa shape index (κ1) is 13.6. The zero-order valence-electron chi connectivity index (χ0n) is 8.07. The van der Waals surface area contributed by atoms with E-state index in [1.165, 1.54) is 18.3 Å². The van der Waals surface area contributed by atoms with Crippen LogP contribution in [0.5, 0.6) is 0 Å². The van der Waals surface area contributed by atoms with Gasteiger partial charge in [-0.1, -0.05) is 0 Å². The molecule has 0 bridgehead atoms. The molecule has 3 nitrogen and oxygen atoms in total. The molecule has 2 atom stereocenters. The number of thiophene rings is 1. The molecule has 0 saturated heterocycles. The van der Waals surface area contributed by atoms with Gasteiger partial charge in [0.2, 0.25) is 0 Å². The number of sulfone groups is 1. The minimum Gasteiger partial charge on any atom is -0.387 e. The van der Waals surface area contributed by atoms with Crippen molar-refractivity contribution >= 4 is 53.0 Å². The molecule has 1 aromatic rings. The molecule has 0 fully saturated rings. The van der Waals surface area contributed by atoms with Crippen LogP contribution < -0.4 is 0 Å². The van der Waals surface area contributed by atoms with E-state index in [0.717, 1.165) is 13.8 Å². The summed E-state index contributed by atoms with van der Waals surface area (Å²) in [5.74, 6) is 0. The maximum absolute atomic E-state index is 11.3. The van der Waals surface area contributed by atoms with Crippen LogP contribution >= 0.6 is 43.2 Å². The van der Waals surface area contributed by atoms with Crippen molar-refractivity contribution in [2.45, 2.75) is 18.3 Å². The average molecular weight is 378 g/mol.